The molecule has 0 saturated carbocycles. The van der Waals surface area contributed by atoms with Gasteiger partial charge in [0.25, 0.3) is 0 Å². The van der Waals surface area contributed by atoms with Crippen LogP contribution in [0.1, 0.15) is 5.69 Å². The molecular weight excluding hydrogens is 312 g/mol. The molecule has 25 heavy (non-hydrogen) atoms. The summed E-state index contributed by atoms with van der Waals surface area (Å²) in [5, 5.41) is 2.11. The number of nitrogens with one attached hydrogen (secondary N) is 1. The number of hydrazine groups is 1. The number of hydrogen-bond acceptors (Lipinski definition) is 5. The molecule has 2 aliphatic heterocycles. The first-order valence-electron chi connectivity index (χ1n) is 8.52. The highest BCUT2D eigenvalue weighted by atomic mass is 16.5. The van der Waals surface area contributed by atoms with Crippen LogP contribution in [0, 0.1) is 0 Å². The first kappa shape index (κ1) is 15.7. The summed E-state index contributed by atoms with van der Waals surface area (Å²) in [5.74, 6) is 0.892. The highest BCUT2D eigenvalue weighted by molar-refractivity contribution is 5.41. The van der Waals surface area contributed by atoms with Gasteiger partial charge in [-0.15, -0.1) is 0 Å². The van der Waals surface area contributed by atoms with Gasteiger partial charge in [-0.3, -0.25) is 4.98 Å². The Balaban J connectivity index is 1.58. The largest absolute Gasteiger partial charge is 0.487 e. The van der Waals surface area contributed by atoms with E-state index in [2.05, 4.69) is 39.5 Å². The maximum atomic E-state index is 6.06. The maximum absolute atomic E-state index is 6.06. The summed E-state index contributed by atoms with van der Waals surface area (Å²) < 4.78 is 6.06. The predicted molar refractivity (Wildman–Crippen MR) is 97.5 cm³/mol. The molecule has 5 heteroatoms. The van der Waals surface area contributed by atoms with Gasteiger partial charge in [-0.25, -0.2) is 5.01 Å². The van der Waals surface area contributed by atoms with Crippen LogP contribution in [-0.2, 0) is 6.54 Å². The van der Waals surface area contributed by atoms with Crippen molar-refractivity contribution in [3.63, 3.8) is 0 Å². The fourth-order valence-corrected chi connectivity index (χ4v) is 3.25. The van der Waals surface area contributed by atoms with Crippen LogP contribution >= 0.6 is 0 Å². The fourth-order valence-electron chi connectivity index (χ4n) is 3.25. The van der Waals surface area contributed by atoms with E-state index in [0.29, 0.717) is 6.61 Å². The minimum Gasteiger partial charge on any atom is -0.487 e. The third-order valence-corrected chi connectivity index (χ3v) is 4.48. The van der Waals surface area contributed by atoms with Gasteiger partial charge in [-0.05, 0) is 30.3 Å². The Bertz CT molecular complexity index is 786. The normalized spacial score (nSPS) is 17.2. The number of nitrogens with zero attached hydrogens (tertiary/aromatic N) is 3. The predicted octanol–water partition coefficient (Wildman–Crippen LogP) is 2.56. The lowest BCUT2D eigenvalue weighted by Crippen LogP contribution is -2.32. The second-order valence-electron chi connectivity index (χ2n) is 6.31. The highest BCUT2D eigenvalue weighted by Gasteiger charge is 2.28. The van der Waals surface area contributed by atoms with Crippen molar-refractivity contribution in [2.45, 2.75) is 6.54 Å². The molecule has 1 aromatic carbocycles. The second kappa shape index (κ2) is 6.99. The van der Waals surface area contributed by atoms with Crippen molar-refractivity contribution in [1.29, 1.82) is 0 Å². The van der Waals surface area contributed by atoms with Crippen molar-refractivity contribution >= 4 is 0 Å². The minimum atomic E-state index is 0.555. The molecule has 0 radical (unpaired) electrons. The summed E-state index contributed by atoms with van der Waals surface area (Å²) in [6.45, 7) is 3.06. The number of fused-ring (bicyclic) bond motifs is 1. The van der Waals surface area contributed by atoms with Gasteiger partial charge in [-0.1, -0.05) is 24.3 Å². The summed E-state index contributed by atoms with van der Waals surface area (Å²) in [6, 6.07) is 16.0. The van der Waals surface area contributed by atoms with Gasteiger partial charge in [0, 0.05) is 31.9 Å². The molecule has 3 heterocycles. The monoisotopic (exact) mass is 334 g/mol. The molecule has 5 nitrogen and oxygen atoms in total. The van der Waals surface area contributed by atoms with Crippen LogP contribution in [0.15, 0.2) is 77.8 Å². The van der Waals surface area contributed by atoms with Crippen molar-refractivity contribution in [2.24, 2.45) is 0 Å². The van der Waals surface area contributed by atoms with E-state index in [1.807, 2.05) is 48.7 Å². The molecule has 4 rings (SSSR count). The van der Waals surface area contributed by atoms with E-state index < -0.39 is 0 Å². The Morgan fingerprint density at radius 2 is 1.96 bits per heavy atom. The number of rotatable bonds is 5. The van der Waals surface area contributed by atoms with Gasteiger partial charge in [0.05, 0.1) is 23.6 Å². The first-order chi connectivity index (χ1) is 12.3. The van der Waals surface area contributed by atoms with E-state index in [-0.39, 0.29) is 0 Å². The van der Waals surface area contributed by atoms with E-state index in [1.165, 1.54) is 17.0 Å². The van der Waals surface area contributed by atoms with Crippen LogP contribution in [-0.4, -0.2) is 41.6 Å². The average molecular weight is 334 g/mol. The molecule has 2 aliphatic rings. The number of para-hydroxylation sites is 1. The van der Waals surface area contributed by atoms with Gasteiger partial charge in [0.2, 0.25) is 0 Å². The topological polar surface area (TPSA) is 40.6 Å². The Labute approximate surface area is 148 Å². The van der Waals surface area contributed by atoms with Crippen molar-refractivity contribution < 1.29 is 4.74 Å². The molecule has 2 aromatic rings. The molecule has 0 atom stereocenters. The van der Waals surface area contributed by atoms with Crippen LogP contribution in [0.2, 0.25) is 0 Å². The summed E-state index contributed by atoms with van der Waals surface area (Å²) >= 11 is 0. The van der Waals surface area contributed by atoms with E-state index in [4.69, 9.17) is 4.74 Å². The van der Waals surface area contributed by atoms with E-state index in [9.17, 15) is 0 Å². The van der Waals surface area contributed by atoms with E-state index in [0.717, 1.165) is 31.1 Å². The molecule has 1 N–H and O–H groups in total. The lowest BCUT2D eigenvalue weighted by Gasteiger charge is -2.31. The van der Waals surface area contributed by atoms with Gasteiger partial charge < -0.3 is 15.1 Å². The Morgan fingerprint density at radius 3 is 2.76 bits per heavy atom. The van der Waals surface area contributed by atoms with Crippen LogP contribution in [0.25, 0.3) is 0 Å². The molecule has 0 spiro atoms. The number of benzene rings is 1. The number of aromatic nitrogens is 1. The molecular formula is C20H22N4O. The number of likely N-dealkylation sites (N-methyl/N-ethyl adjacent to an activating group) is 1. The standard InChI is InChI=1S/C20H22N4O/c1-23-14-18-19(22-23)10-12-24(13-16-7-5-6-11-21-16)20(18)15-25-17-8-3-2-4-9-17/h2-11,22H,12-15H2,1H3. The maximum Gasteiger partial charge on any atom is 0.128 e. The Kier molecular flexibility index (Phi) is 4.39. The number of hydrogen-bond donors (Lipinski definition) is 1. The number of ether oxygens (including phenoxy) is 1. The van der Waals surface area contributed by atoms with Crippen LogP contribution in [0.5, 0.6) is 5.75 Å². The first-order valence-corrected chi connectivity index (χ1v) is 8.52. The highest BCUT2D eigenvalue weighted by Crippen LogP contribution is 2.28. The Morgan fingerprint density at radius 1 is 1.12 bits per heavy atom. The zero-order chi connectivity index (χ0) is 17.1. The zero-order valence-electron chi connectivity index (χ0n) is 14.4. The van der Waals surface area contributed by atoms with Gasteiger partial charge in [-0.2, -0.15) is 0 Å². The van der Waals surface area contributed by atoms with Crippen molar-refractivity contribution in [3.8, 4) is 5.75 Å². The Hall–Kier alpha value is -2.79. The lowest BCUT2D eigenvalue weighted by atomic mass is 10.1. The summed E-state index contributed by atoms with van der Waals surface area (Å²) in [4.78, 5) is 6.83. The van der Waals surface area contributed by atoms with Crippen molar-refractivity contribution in [2.75, 3.05) is 26.7 Å². The summed E-state index contributed by atoms with van der Waals surface area (Å²) in [5.41, 5.74) is 8.21. The summed E-state index contributed by atoms with van der Waals surface area (Å²) in [7, 11) is 2.06. The molecule has 0 unspecified atom stereocenters. The molecule has 1 aromatic heterocycles. The SMILES string of the molecule is CN1CC2=C(COc3ccccc3)N(Cc3ccccn3)CC=C2N1. The molecule has 1 fully saturated rings. The third kappa shape index (κ3) is 3.51. The minimum absolute atomic E-state index is 0.555. The van der Waals surface area contributed by atoms with Gasteiger partial charge in [0.15, 0.2) is 0 Å². The molecule has 0 amide bonds. The fraction of sp³-hybridized carbons (Fsp3) is 0.250. The number of pyridine rings is 1. The van der Waals surface area contributed by atoms with Crippen molar-refractivity contribution in [3.05, 3.63) is 83.5 Å². The van der Waals surface area contributed by atoms with Crippen LogP contribution in [0.3, 0.4) is 0 Å². The quantitative estimate of drug-likeness (QED) is 0.910. The molecule has 128 valence electrons. The van der Waals surface area contributed by atoms with Crippen LogP contribution in [0.4, 0.5) is 0 Å². The third-order valence-electron chi connectivity index (χ3n) is 4.48. The molecule has 0 bridgehead atoms. The smallest absolute Gasteiger partial charge is 0.128 e. The molecule has 0 aliphatic carbocycles. The van der Waals surface area contributed by atoms with E-state index >= 15 is 0 Å². The zero-order valence-corrected chi connectivity index (χ0v) is 14.4. The summed E-state index contributed by atoms with van der Waals surface area (Å²) in [6.07, 6.45) is 4.09. The average Bonchev–Trinajstić information content (AvgIpc) is 3.03. The molecule has 1 saturated heterocycles. The second-order valence-corrected chi connectivity index (χ2v) is 6.31. The van der Waals surface area contributed by atoms with E-state index in [1.54, 1.807) is 0 Å². The van der Waals surface area contributed by atoms with Gasteiger partial charge >= 0.3 is 0 Å². The lowest BCUT2D eigenvalue weighted by molar-refractivity contribution is 0.266. The van der Waals surface area contributed by atoms with Crippen molar-refractivity contribution in [1.82, 2.24) is 20.3 Å². The van der Waals surface area contributed by atoms with Crippen LogP contribution < -0.4 is 10.2 Å². The van der Waals surface area contributed by atoms with Gasteiger partial charge in [0.1, 0.15) is 12.4 Å².